The van der Waals surface area contributed by atoms with E-state index in [1.54, 1.807) is 19.2 Å². The van der Waals surface area contributed by atoms with E-state index in [-0.39, 0.29) is 6.42 Å². The molecule has 0 bridgehead atoms. The van der Waals surface area contributed by atoms with E-state index in [4.69, 9.17) is 14.3 Å². The molecule has 6 heteroatoms. The van der Waals surface area contributed by atoms with Crippen LogP contribution in [0.15, 0.2) is 46.2 Å². The molecule has 2 aromatic heterocycles. The lowest BCUT2D eigenvalue weighted by Crippen LogP contribution is -2.01. The molecule has 0 unspecified atom stereocenters. The Morgan fingerprint density at radius 2 is 2.09 bits per heavy atom. The van der Waals surface area contributed by atoms with E-state index >= 15 is 0 Å². The number of carboxylic acids is 1. The van der Waals surface area contributed by atoms with Crippen LogP contribution in [0.5, 0.6) is 5.75 Å². The first kappa shape index (κ1) is 14.3. The summed E-state index contributed by atoms with van der Waals surface area (Å²) in [6.07, 6.45) is -0.174. The Kier molecular flexibility index (Phi) is 3.93. The van der Waals surface area contributed by atoms with Gasteiger partial charge in [0.25, 0.3) is 0 Å². The maximum atomic E-state index is 11.0. The minimum Gasteiger partial charge on any atom is -0.497 e. The molecule has 0 amide bonds. The number of aromatic nitrogens is 1. The molecule has 0 saturated carbocycles. The number of aliphatic carboxylic acids is 1. The van der Waals surface area contributed by atoms with Crippen molar-refractivity contribution in [3.8, 4) is 27.8 Å². The summed E-state index contributed by atoms with van der Waals surface area (Å²) in [5.41, 5.74) is 1.20. The van der Waals surface area contributed by atoms with Crippen molar-refractivity contribution in [2.24, 2.45) is 0 Å². The molecule has 0 saturated heterocycles. The maximum absolute atomic E-state index is 11.0. The highest BCUT2D eigenvalue weighted by Crippen LogP contribution is 2.33. The number of ether oxygens (including phenoxy) is 1. The number of hydrogen-bond donors (Lipinski definition) is 1. The first-order valence-corrected chi connectivity index (χ1v) is 7.45. The Morgan fingerprint density at radius 3 is 2.68 bits per heavy atom. The largest absolute Gasteiger partial charge is 0.497 e. The zero-order valence-corrected chi connectivity index (χ0v) is 12.6. The second-order valence-electron chi connectivity index (χ2n) is 4.57. The van der Waals surface area contributed by atoms with Gasteiger partial charge in [0.1, 0.15) is 5.75 Å². The van der Waals surface area contributed by atoms with Gasteiger partial charge in [-0.25, -0.2) is 4.98 Å². The number of nitrogens with zero attached hydrogens (tertiary/aromatic N) is 1. The highest BCUT2D eigenvalue weighted by atomic mass is 32.1. The van der Waals surface area contributed by atoms with Gasteiger partial charge < -0.3 is 14.3 Å². The third-order valence-corrected chi connectivity index (χ3v) is 3.97. The number of carbonyl (C=O) groups is 1. The van der Waals surface area contributed by atoms with Gasteiger partial charge in [-0.2, -0.15) is 0 Å². The number of methoxy groups -OCH3 is 1. The van der Waals surface area contributed by atoms with Crippen LogP contribution < -0.4 is 4.74 Å². The SMILES string of the molecule is COc1ccc(-c2nc(CC(=O)O)c(-c3cccs3)o2)cc1. The standard InChI is InChI=1S/C16H13NO4S/c1-20-11-6-4-10(5-7-11)16-17-12(9-14(18)19)15(21-16)13-3-2-8-22-13/h2-8H,9H2,1H3,(H,18,19). The average molecular weight is 315 g/mol. The van der Waals surface area contributed by atoms with Crippen LogP contribution in [-0.2, 0) is 11.2 Å². The molecule has 3 rings (SSSR count). The molecular formula is C16H13NO4S. The zero-order chi connectivity index (χ0) is 15.5. The summed E-state index contributed by atoms with van der Waals surface area (Å²) in [7, 11) is 1.60. The molecule has 22 heavy (non-hydrogen) atoms. The van der Waals surface area contributed by atoms with E-state index in [2.05, 4.69) is 4.98 Å². The van der Waals surface area contributed by atoms with Crippen LogP contribution in [0.2, 0.25) is 0 Å². The predicted molar refractivity (Wildman–Crippen MR) is 83.1 cm³/mol. The van der Waals surface area contributed by atoms with Crippen molar-refractivity contribution in [3.05, 3.63) is 47.5 Å². The molecule has 3 aromatic rings. The van der Waals surface area contributed by atoms with Gasteiger partial charge in [-0.3, -0.25) is 4.79 Å². The molecule has 0 fully saturated rings. The summed E-state index contributed by atoms with van der Waals surface area (Å²) in [6, 6.07) is 11.0. The lowest BCUT2D eigenvalue weighted by atomic mass is 10.2. The van der Waals surface area contributed by atoms with Crippen LogP contribution in [0.3, 0.4) is 0 Å². The van der Waals surface area contributed by atoms with Crippen molar-refractivity contribution in [1.29, 1.82) is 0 Å². The number of benzene rings is 1. The highest BCUT2D eigenvalue weighted by Gasteiger charge is 2.19. The molecule has 0 aliphatic rings. The topological polar surface area (TPSA) is 72.6 Å². The van der Waals surface area contributed by atoms with Crippen LogP contribution in [-0.4, -0.2) is 23.2 Å². The lowest BCUT2D eigenvalue weighted by Gasteiger charge is -1.99. The fraction of sp³-hybridized carbons (Fsp3) is 0.125. The molecule has 0 aliphatic carbocycles. The zero-order valence-electron chi connectivity index (χ0n) is 11.8. The monoisotopic (exact) mass is 315 g/mol. The summed E-state index contributed by atoms with van der Waals surface area (Å²) < 4.78 is 10.9. The highest BCUT2D eigenvalue weighted by molar-refractivity contribution is 7.13. The van der Waals surface area contributed by atoms with Gasteiger partial charge in [0.2, 0.25) is 5.89 Å². The summed E-state index contributed by atoms with van der Waals surface area (Å²) in [5.74, 6) is 0.720. The Morgan fingerprint density at radius 1 is 1.32 bits per heavy atom. The summed E-state index contributed by atoms with van der Waals surface area (Å²) in [6.45, 7) is 0. The first-order chi connectivity index (χ1) is 10.7. The fourth-order valence-corrected chi connectivity index (χ4v) is 2.80. The molecule has 0 aliphatic heterocycles. The van der Waals surface area contributed by atoms with Gasteiger partial charge in [0, 0.05) is 5.56 Å². The molecule has 1 aromatic carbocycles. The maximum Gasteiger partial charge on any atom is 0.309 e. The van der Waals surface area contributed by atoms with Crippen molar-refractivity contribution in [3.63, 3.8) is 0 Å². The van der Waals surface area contributed by atoms with E-state index in [1.807, 2.05) is 29.6 Å². The van der Waals surface area contributed by atoms with Crippen molar-refractivity contribution >= 4 is 17.3 Å². The van der Waals surface area contributed by atoms with E-state index in [9.17, 15) is 4.79 Å². The van der Waals surface area contributed by atoms with E-state index in [0.29, 0.717) is 17.3 Å². The number of oxazole rings is 1. The van der Waals surface area contributed by atoms with E-state index < -0.39 is 5.97 Å². The van der Waals surface area contributed by atoms with Crippen LogP contribution in [0.4, 0.5) is 0 Å². The molecule has 0 atom stereocenters. The quantitative estimate of drug-likeness (QED) is 0.777. The van der Waals surface area contributed by atoms with Crippen LogP contribution in [0.25, 0.3) is 22.1 Å². The van der Waals surface area contributed by atoms with Crippen molar-refractivity contribution in [2.75, 3.05) is 7.11 Å². The van der Waals surface area contributed by atoms with E-state index in [0.717, 1.165) is 16.2 Å². The molecule has 2 heterocycles. The molecule has 1 N–H and O–H groups in total. The van der Waals surface area contributed by atoms with Gasteiger partial charge in [-0.05, 0) is 35.7 Å². The van der Waals surface area contributed by atoms with Crippen molar-refractivity contribution in [1.82, 2.24) is 4.98 Å². The Labute approximate surface area is 130 Å². The first-order valence-electron chi connectivity index (χ1n) is 6.57. The number of hydrogen-bond acceptors (Lipinski definition) is 5. The smallest absolute Gasteiger partial charge is 0.309 e. The summed E-state index contributed by atoms with van der Waals surface area (Å²) in [5, 5.41) is 11.0. The third-order valence-electron chi connectivity index (χ3n) is 3.10. The second kappa shape index (κ2) is 6.03. The lowest BCUT2D eigenvalue weighted by molar-refractivity contribution is -0.136. The fourth-order valence-electron chi connectivity index (χ4n) is 2.07. The Hall–Kier alpha value is -2.60. The minimum atomic E-state index is -0.938. The normalized spacial score (nSPS) is 10.6. The van der Waals surface area contributed by atoms with Gasteiger partial charge >= 0.3 is 5.97 Å². The van der Waals surface area contributed by atoms with Crippen LogP contribution in [0.1, 0.15) is 5.69 Å². The van der Waals surface area contributed by atoms with Crippen molar-refractivity contribution in [2.45, 2.75) is 6.42 Å². The van der Waals surface area contributed by atoms with Gasteiger partial charge in [0.05, 0.1) is 24.1 Å². The van der Waals surface area contributed by atoms with Crippen LogP contribution >= 0.6 is 11.3 Å². The second-order valence-corrected chi connectivity index (χ2v) is 5.52. The van der Waals surface area contributed by atoms with E-state index in [1.165, 1.54) is 11.3 Å². The van der Waals surface area contributed by atoms with Crippen LogP contribution in [0, 0.1) is 0 Å². The predicted octanol–water partition coefficient (Wildman–Crippen LogP) is 3.71. The van der Waals surface area contributed by atoms with Crippen molar-refractivity contribution < 1.29 is 19.1 Å². The Balaban J connectivity index is 2.03. The van der Waals surface area contributed by atoms with Gasteiger partial charge in [0.15, 0.2) is 5.76 Å². The number of carboxylic acid groups (broad SMARTS) is 1. The third kappa shape index (κ3) is 2.87. The summed E-state index contributed by atoms with van der Waals surface area (Å²) in [4.78, 5) is 16.2. The molecule has 112 valence electrons. The molecule has 5 nitrogen and oxygen atoms in total. The number of rotatable bonds is 5. The molecule has 0 spiro atoms. The molecular weight excluding hydrogens is 302 g/mol. The average Bonchev–Trinajstić information content (AvgIpc) is 3.16. The molecule has 0 radical (unpaired) electrons. The van der Waals surface area contributed by atoms with Gasteiger partial charge in [-0.15, -0.1) is 11.3 Å². The number of thiophene rings is 1. The minimum absolute atomic E-state index is 0.174. The Bertz CT molecular complexity index is 775. The van der Waals surface area contributed by atoms with Gasteiger partial charge in [-0.1, -0.05) is 6.07 Å². The summed E-state index contributed by atoms with van der Waals surface area (Å²) >= 11 is 1.49.